The Morgan fingerprint density at radius 3 is 2.22 bits per heavy atom. The van der Waals surface area contributed by atoms with E-state index in [0.717, 1.165) is 57.3 Å². The number of rotatable bonds is 0. The number of halogens is 2. The molecule has 0 fully saturated rings. The maximum absolute atomic E-state index is 14.4. The van der Waals surface area contributed by atoms with Gasteiger partial charge in [0.15, 0.2) is 0 Å². The van der Waals surface area contributed by atoms with Crippen molar-refractivity contribution in [3.8, 4) is 22.5 Å². The van der Waals surface area contributed by atoms with Crippen LogP contribution in [0, 0.1) is 23.8 Å². The molecule has 41 heavy (non-hydrogen) atoms. The van der Waals surface area contributed by atoms with Gasteiger partial charge in [0.1, 0.15) is 0 Å². The van der Waals surface area contributed by atoms with Crippen molar-refractivity contribution >= 4 is 10.8 Å². The summed E-state index contributed by atoms with van der Waals surface area (Å²) in [4.78, 5) is 9.05. The van der Waals surface area contributed by atoms with E-state index in [-0.39, 0.29) is 42.6 Å². The fourth-order valence-electron chi connectivity index (χ4n) is 7.49. The smallest absolute Gasteiger partial charge is 0.0459 e. The summed E-state index contributed by atoms with van der Waals surface area (Å²) < 4.78 is 28.8. The first-order valence-corrected chi connectivity index (χ1v) is 14.0. The average Bonchev–Trinajstić information content (AvgIpc) is 2.94. The maximum Gasteiger partial charge on any atom is 0.0459 e. The third-order valence-electron chi connectivity index (χ3n) is 9.34. The molecule has 0 bridgehead atoms. The molecule has 3 aliphatic carbocycles. The molecule has 8 rings (SSSR count). The van der Waals surface area contributed by atoms with Crippen LogP contribution in [-0.4, -0.2) is 9.97 Å². The van der Waals surface area contributed by atoms with Gasteiger partial charge in [-0.2, -0.15) is 0 Å². The van der Waals surface area contributed by atoms with Crippen molar-refractivity contribution in [2.75, 3.05) is 0 Å². The molecule has 0 spiro atoms. The molecule has 0 N–H and O–H groups in total. The van der Waals surface area contributed by atoms with Crippen molar-refractivity contribution in [1.29, 1.82) is 0 Å². The van der Waals surface area contributed by atoms with E-state index in [4.69, 9.17) is 0 Å². The molecule has 0 saturated carbocycles. The fourth-order valence-corrected chi connectivity index (χ4v) is 7.49. The zero-order chi connectivity index (χ0) is 27.8. The van der Waals surface area contributed by atoms with E-state index in [1.54, 1.807) is 18.3 Å². The topological polar surface area (TPSA) is 25.8 Å². The van der Waals surface area contributed by atoms with Crippen molar-refractivity contribution in [3.63, 3.8) is 0 Å². The molecule has 5 heteroatoms. The first kappa shape index (κ1) is 27.9. The minimum Gasteiger partial charge on any atom is -0.304 e. The van der Waals surface area contributed by atoms with Crippen LogP contribution in [0.4, 0.5) is 8.78 Å². The van der Waals surface area contributed by atoms with Crippen molar-refractivity contribution in [3.05, 3.63) is 119 Å². The molecule has 3 aliphatic rings. The zero-order valence-corrected chi connectivity index (χ0v) is 25.9. The summed E-state index contributed by atoms with van der Waals surface area (Å²) in [5.74, 6) is 0.0667. The Bertz CT molecular complexity index is 1820. The monoisotopic (exact) mass is 721 g/mol. The minimum absolute atomic E-state index is 0. The van der Waals surface area contributed by atoms with Crippen LogP contribution in [0.15, 0.2) is 67.0 Å². The SMILES string of the molecule is CC1(C)c2c([c-]ccc2F)-c2nccc3c2C1CCC3.CC1(C)c2c([c-]ccc2F)-c2nccc3cccc1c23.[Ir]. The average molecular weight is 721 g/mol. The number of hydrogen-bond donors (Lipinski definition) is 0. The summed E-state index contributed by atoms with van der Waals surface area (Å²) in [5.41, 5.74) is 8.24. The van der Waals surface area contributed by atoms with Crippen molar-refractivity contribution in [2.24, 2.45) is 0 Å². The maximum atomic E-state index is 14.4. The fraction of sp³-hybridized carbons (Fsp3) is 0.278. The summed E-state index contributed by atoms with van der Waals surface area (Å²) in [6.45, 7) is 8.46. The first-order valence-electron chi connectivity index (χ1n) is 14.0. The van der Waals surface area contributed by atoms with E-state index < -0.39 is 0 Å². The summed E-state index contributed by atoms with van der Waals surface area (Å²) >= 11 is 0. The number of benzene rings is 3. The van der Waals surface area contributed by atoms with Crippen LogP contribution in [0.1, 0.15) is 74.3 Å². The van der Waals surface area contributed by atoms with Crippen LogP contribution >= 0.6 is 0 Å². The molecular formula is C36H30F2IrN2-2. The van der Waals surface area contributed by atoms with Crippen LogP contribution in [0.3, 0.4) is 0 Å². The molecule has 209 valence electrons. The summed E-state index contributed by atoms with van der Waals surface area (Å²) in [6.07, 6.45) is 7.05. The first-order chi connectivity index (χ1) is 19.2. The molecule has 1 atom stereocenters. The standard InChI is InChI=1S/C18H17FN.C18H13FN.Ir/c2*1-18(2)13-7-3-5-11-9-10-20-17(15(11)13)12-6-4-8-14(19)16(12)18;/h4,8-10,13H,3,5,7H2,1-2H3;3-5,7-10H,1-2H3;/q2*-1;. The molecule has 1 unspecified atom stereocenters. The van der Waals surface area contributed by atoms with Gasteiger partial charge in [-0.25, -0.2) is 8.78 Å². The molecule has 0 saturated heterocycles. The van der Waals surface area contributed by atoms with Crippen molar-refractivity contribution in [1.82, 2.24) is 9.97 Å². The molecule has 2 aromatic heterocycles. The van der Waals surface area contributed by atoms with Crippen LogP contribution in [0.2, 0.25) is 0 Å². The van der Waals surface area contributed by atoms with E-state index >= 15 is 0 Å². The van der Waals surface area contributed by atoms with E-state index in [1.807, 2.05) is 18.3 Å². The normalized spacial score (nSPS) is 18.1. The summed E-state index contributed by atoms with van der Waals surface area (Å²) in [7, 11) is 0. The molecule has 5 aromatic rings. The van der Waals surface area contributed by atoms with Crippen LogP contribution in [0.5, 0.6) is 0 Å². The Balaban J connectivity index is 0.000000144. The summed E-state index contributed by atoms with van der Waals surface area (Å²) in [6, 6.07) is 23.0. The number of aromatic nitrogens is 2. The van der Waals surface area contributed by atoms with Crippen LogP contribution in [-0.2, 0) is 37.4 Å². The third kappa shape index (κ3) is 4.04. The number of pyridine rings is 2. The second-order valence-corrected chi connectivity index (χ2v) is 12.2. The Kier molecular flexibility index (Phi) is 6.75. The zero-order valence-electron chi connectivity index (χ0n) is 23.5. The minimum atomic E-state index is -0.382. The summed E-state index contributed by atoms with van der Waals surface area (Å²) in [5, 5.41) is 2.26. The van der Waals surface area contributed by atoms with Gasteiger partial charge in [0.25, 0.3) is 0 Å². The Labute approximate surface area is 253 Å². The predicted octanol–water partition coefficient (Wildman–Crippen LogP) is 8.88. The molecule has 0 aliphatic heterocycles. The number of hydrogen-bond acceptors (Lipinski definition) is 2. The van der Waals surface area contributed by atoms with E-state index in [2.05, 4.69) is 68.0 Å². The van der Waals surface area contributed by atoms with Gasteiger partial charge in [-0.3, -0.25) is 0 Å². The van der Waals surface area contributed by atoms with E-state index in [0.29, 0.717) is 11.5 Å². The third-order valence-corrected chi connectivity index (χ3v) is 9.34. The van der Waals surface area contributed by atoms with Gasteiger partial charge in [-0.05, 0) is 75.9 Å². The Morgan fingerprint density at radius 1 is 0.805 bits per heavy atom. The quantitative estimate of drug-likeness (QED) is 0.150. The van der Waals surface area contributed by atoms with Gasteiger partial charge in [-0.15, -0.1) is 47.5 Å². The Hall–Kier alpha value is -3.27. The second-order valence-electron chi connectivity index (χ2n) is 12.2. The predicted molar refractivity (Wildman–Crippen MR) is 155 cm³/mol. The van der Waals surface area contributed by atoms with Gasteiger partial charge in [0, 0.05) is 44.1 Å². The van der Waals surface area contributed by atoms with Crippen LogP contribution in [0.25, 0.3) is 33.3 Å². The van der Waals surface area contributed by atoms with Crippen molar-refractivity contribution in [2.45, 2.75) is 63.7 Å². The molecular weight excluding hydrogens is 691 g/mol. The molecule has 1 radical (unpaired) electrons. The van der Waals surface area contributed by atoms with E-state index in [1.165, 1.54) is 29.7 Å². The molecule has 3 aromatic carbocycles. The number of fused-ring (bicyclic) bond motifs is 4. The molecule has 2 heterocycles. The van der Waals surface area contributed by atoms with Crippen LogP contribution < -0.4 is 0 Å². The van der Waals surface area contributed by atoms with Gasteiger partial charge >= 0.3 is 0 Å². The largest absolute Gasteiger partial charge is 0.304 e. The van der Waals surface area contributed by atoms with E-state index in [9.17, 15) is 8.78 Å². The van der Waals surface area contributed by atoms with Gasteiger partial charge in [0.05, 0.1) is 0 Å². The number of nitrogens with zero attached hydrogens (tertiary/aromatic N) is 2. The van der Waals surface area contributed by atoms with Crippen molar-refractivity contribution < 1.29 is 28.9 Å². The Morgan fingerprint density at radius 2 is 1.46 bits per heavy atom. The molecule has 0 amide bonds. The number of aryl methyl sites for hydroxylation is 1. The van der Waals surface area contributed by atoms with Gasteiger partial charge in [-0.1, -0.05) is 68.1 Å². The van der Waals surface area contributed by atoms with Gasteiger partial charge < -0.3 is 9.97 Å². The van der Waals surface area contributed by atoms with Gasteiger partial charge in [0.2, 0.25) is 0 Å². The molecule has 2 nitrogen and oxygen atoms in total. The second kappa shape index (κ2) is 9.93.